The first kappa shape index (κ1) is 14.9. The van der Waals surface area contributed by atoms with Gasteiger partial charge >= 0.3 is 0 Å². The summed E-state index contributed by atoms with van der Waals surface area (Å²) in [7, 11) is 5.57. The van der Waals surface area contributed by atoms with Crippen molar-refractivity contribution < 1.29 is 4.74 Å². The van der Waals surface area contributed by atoms with E-state index >= 15 is 0 Å². The highest BCUT2D eigenvalue weighted by Crippen LogP contribution is 2.32. The van der Waals surface area contributed by atoms with Crippen molar-refractivity contribution in [3.05, 3.63) is 33.7 Å². The van der Waals surface area contributed by atoms with Crippen LogP contribution in [0, 0.1) is 6.92 Å². The van der Waals surface area contributed by atoms with E-state index < -0.39 is 0 Å². The molecule has 0 aliphatic carbocycles. The first-order valence-electron chi connectivity index (χ1n) is 6.23. The number of nitrogens with zero attached hydrogens (tertiary/aromatic N) is 2. The summed E-state index contributed by atoms with van der Waals surface area (Å²) in [5.74, 6) is 0.663. The Morgan fingerprint density at radius 1 is 1.40 bits per heavy atom. The monoisotopic (exact) mass is 311 g/mol. The van der Waals surface area contributed by atoms with Crippen molar-refractivity contribution >= 4 is 33.8 Å². The molecule has 0 aliphatic rings. The molecule has 0 saturated carbocycles. The Morgan fingerprint density at radius 3 is 2.75 bits per heavy atom. The van der Waals surface area contributed by atoms with E-state index in [1.165, 1.54) is 0 Å². The zero-order chi connectivity index (χ0) is 14.7. The lowest BCUT2D eigenvalue weighted by atomic mass is 10.2. The van der Waals surface area contributed by atoms with Gasteiger partial charge in [-0.3, -0.25) is 0 Å². The number of rotatable bonds is 5. The van der Waals surface area contributed by atoms with Crippen molar-refractivity contribution in [2.45, 2.75) is 13.5 Å². The fourth-order valence-electron chi connectivity index (χ4n) is 1.81. The van der Waals surface area contributed by atoms with Gasteiger partial charge in [-0.25, -0.2) is 0 Å². The van der Waals surface area contributed by atoms with Crippen LogP contribution in [-0.2, 0) is 6.54 Å². The molecule has 2 rings (SSSR count). The van der Waals surface area contributed by atoms with Gasteiger partial charge in [0.05, 0.1) is 29.2 Å². The number of benzene rings is 1. The van der Waals surface area contributed by atoms with Crippen LogP contribution in [0.3, 0.4) is 0 Å². The number of hydrogen-bond donors (Lipinski definition) is 1. The smallest absolute Gasteiger partial charge is 0.231 e. The van der Waals surface area contributed by atoms with Crippen LogP contribution in [0.2, 0.25) is 5.02 Å². The van der Waals surface area contributed by atoms with Crippen LogP contribution in [0.15, 0.2) is 18.2 Å². The Labute approximate surface area is 128 Å². The molecule has 0 fully saturated rings. The second-order valence-electron chi connectivity index (χ2n) is 4.61. The van der Waals surface area contributed by atoms with Crippen molar-refractivity contribution in [3.63, 3.8) is 0 Å². The predicted octanol–water partition coefficient (Wildman–Crippen LogP) is 3.79. The van der Waals surface area contributed by atoms with Crippen LogP contribution in [-0.4, -0.2) is 26.2 Å². The van der Waals surface area contributed by atoms with E-state index in [1.807, 2.05) is 44.1 Å². The summed E-state index contributed by atoms with van der Waals surface area (Å²) in [6.07, 6.45) is 0. The number of anilines is 2. The fourth-order valence-corrected chi connectivity index (χ4v) is 2.99. The van der Waals surface area contributed by atoms with Crippen molar-refractivity contribution in [3.8, 4) is 5.88 Å². The number of hydrogen-bond acceptors (Lipinski definition) is 5. The molecule has 1 aromatic carbocycles. The molecule has 0 amide bonds. The Bertz CT molecular complexity index is 578. The highest BCUT2D eigenvalue weighted by molar-refractivity contribution is 7.15. The lowest BCUT2D eigenvalue weighted by Crippen LogP contribution is -2.07. The van der Waals surface area contributed by atoms with Crippen molar-refractivity contribution in [1.29, 1.82) is 0 Å². The highest BCUT2D eigenvalue weighted by atomic mass is 35.5. The van der Waals surface area contributed by atoms with Crippen molar-refractivity contribution in [1.82, 2.24) is 4.98 Å². The first-order chi connectivity index (χ1) is 9.52. The van der Waals surface area contributed by atoms with Gasteiger partial charge in [0.1, 0.15) is 0 Å². The van der Waals surface area contributed by atoms with Gasteiger partial charge < -0.3 is 15.0 Å². The van der Waals surface area contributed by atoms with Crippen LogP contribution in [0.5, 0.6) is 5.88 Å². The predicted molar refractivity (Wildman–Crippen MR) is 86.5 cm³/mol. The molecular formula is C14H18ClN3OS. The molecular weight excluding hydrogens is 294 g/mol. The number of ether oxygens (including phenoxy) is 1. The highest BCUT2D eigenvalue weighted by Gasteiger charge is 2.13. The summed E-state index contributed by atoms with van der Waals surface area (Å²) >= 11 is 7.82. The standard InChI is InChI=1S/C14H18ClN3OS/c1-9-6-5-7-10(15)12(9)16-8-11-13(19-4)17-14(20-11)18(2)3/h5-7,16H,8H2,1-4H3. The van der Waals surface area contributed by atoms with E-state index in [9.17, 15) is 0 Å². The topological polar surface area (TPSA) is 37.4 Å². The molecule has 1 aromatic heterocycles. The average molecular weight is 312 g/mol. The number of thiazole rings is 1. The Kier molecular flexibility index (Phi) is 4.73. The van der Waals surface area contributed by atoms with Gasteiger partial charge in [-0.2, -0.15) is 4.98 Å². The SMILES string of the molecule is COc1nc(N(C)C)sc1CNc1c(C)cccc1Cl. The van der Waals surface area contributed by atoms with Crippen molar-refractivity contribution in [2.75, 3.05) is 31.4 Å². The lowest BCUT2D eigenvalue weighted by Gasteiger charge is -2.10. The summed E-state index contributed by atoms with van der Waals surface area (Å²) in [5, 5.41) is 5.01. The summed E-state index contributed by atoms with van der Waals surface area (Å²) in [6.45, 7) is 2.67. The Morgan fingerprint density at radius 2 is 2.15 bits per heavy atom. The van der Waals surface area contributed by atoms with Crippen LogP contribution in [0.25, 0.3) is 0 Å². The van der Waals surface area contributed by atoms with Gasteiger partial charge in [0, 0.05) is 14.1 Å². The number of aromatic nitrogens is 1. The summed E-state index contributed by atoms with van der Waals surface area (Å²) in [6, 6.07) is 5.86. The van der Waals surface area contributed by atoms with Gasteiger partial charge in [-0.1, -0.05) is 35.1 Å². The maximum absolute atomic E-state index is 6.21. The summed E-state index contributed by atoms with van der Waals surface area (Å²) in [4.78, 5) is 7.46. The number of aryl methyl sites for hydroxylation is 1. The molecule has 2 aromatic rings. The normalized spacial score (nSPS) is 10.4. The molecule has 0 bridgehead atoms. The largest absolute Gasteiger partial charge is 0.480 e. The van der Waals surface area contributed by atoms with Gasteiger partial charge in [0.2, 0.25) is 5.88 Å². The fraction of sp³-hybridized carbons (Fsp3) is 0.357. The molecule has 0 spiro atoms. The molecule has 108 valence electrons. The van der Waals surface area contributed by atoms with E-state index in [1.54, 1.807) is 18.4 Å². The Balaban J connectivity index is 2.18. The molecule has 20 heavy (non-hydrogen) atoms. The third-order valence-corrected chi connectivity index (χ3v) is 4.39. The van der Waals surface area contributed by atoms with Crippen LogP contribution in [0.1, 0.15) is 10.4 Å². The average Bonchev–Trinajstić information content (AvgIpc) is 2.81. The van der Waals surface area contributed by atoms with Gasteiger partial charge in [0.25, 0.3) is 0 Å². The number of halogens is 1. The minimum Gasteiger partial charge on any atom is -0.480 e. The molecule has 0 unspecified atom stereocenters. The van der Waals surface area contributed by atoms with E-state index in [2.05, 4.69) is 10.3 Å². The quantitative estimate of drug-likeness (QED) is 0.911. The van der Waals surface area contributed by atoms with Gasteiger partial charge in [-0.15, -0.1) is 0 Å². The minimum absolute atomic E-state index is 0.638. The molecule has 0 saturated heterocycles. The van der Waals surface area contributed by atoms with Crippen LogP contribution < -0.4 is 15.0 Å². The number of methoxy groups -OCH3 is 1. The van der Waals surface area contributed by atoms with Crippen molar-refractivity contribution in [2.24, 2.45) is 0 Å². The number of nitrogens with one attached hydrogen (secondary N) is 1. The van der Waals surface area contributed by atoms with E-state index in [0.717, 1.165) is 26.3 Å². The van der Waals surface area contributed by atoms with Gasteiger partial charge in [-0.05, 0) is 18.6 Å². The zero-order valence-corrected chi connectivity index (χ0v) is 13.6. The number of para-hydroxylation sites is 1. The van der Waals surface area contributed by atoms with Gasteiger partial charge in [0.15, 0.2) is 5.13 Å². The second-order valence-corrected chi connectivity index (χ2v) is 6.08. The third kappa shape index (κ3) is 3.16. The van der Waals surface area contributed by atoms with E-state index in [0.29, 0.717) is 12.4 Å². The molecule has 6 heteroatoms. The summed E-state index contributed by atoms with van der Waals surface area (Å²) in [5.41, 5.74) is 2.07. The molecule has 4 nitrogen and oxygen atoms in total. The maximum Gasteiger partial charge on any atom is 0.231 e. The molecule has 1 N–H and O–H groups in total. The third-order valence-electron chi connectivity index (χ3n) is 2.87. The zero-order valence-electron chi connectivity index (χ0n) is 12.0. The summed E-state index contributed by atoms with van der Waals surface area (Å²) < 4.78 is 5.32. The van der Waals surface area contributed by atoms with Crippen LogP contribution in [0.4, 0.5) is 10.8 Å². The lowest BCUT2D eigenvalue weighted by molar-refractivity contribution is 0.397. The maximum atomic E-state index is 6.21. The molecule has 0 aliphatic heterocycles. The molecule has 1 heterocycles. The van der Waals surface area contributed by atoms with Crippen LogP contribution >= 0.6 is 22.9 Å². The van der Waals surface area contributed by atoms with E-state index in [4.69, 9.17) is 16.3 Å². The molecule has 0 atom stereocenters. The second kappa shape index (κ2) is 6.33. The van der Waals surface area contributed by atoms with E-state index in [-0.39, 0.29) is 0 Å². The molecule has 0 radical (unpaired) electrons. The first-order valence-corrected chi connectivity index (χ1v) is 7.42. The Hall–Kier alpha value is -1.46. The minimum atomic E-state index is 0.638.